The largest absolute Gasteiger partial charge is 0.341 e. The van der Waals surface area contributed by atoms with Gasteiger partial charge in [-0.15, -0.1) is 11.8 Å². The third kappa shape index (κ3) is 5.96. The van der Waals surface area contributed by atoms with Crippen LogP contribution in [0.1, 0.15) is 34.3 Å². The SMILES string of the molecule is CSc1ccccc1C(=O)N1CCC([C@@H](Cc2ccccc2C)N(C)C(=O)Cn2cccn2)CC1. The van der Waals surface area contributed by atoms with Gasteiger partial charge in [-0.1, -0.05) is 36.4 Å². The first kappa shape index (κ1) is 25.0. The minimum atomic E-state index is 0.0553. The molecule has 0 unspecified atom stereocenters. The Bertz CT molecular complexity index is 1140. The number of piperidine rings is 1. The van der Waals surface area contributed by atoms with Crippen LogP contribution in [0.15, 0.2) is 71.9 Å². The van der Waals surface area contributed by atoms with Crippen LogP contribution >= 0.6 is 11.8 Å². The van der Waals surface area contributed by atoms with Crippen molar-refractivity contribution in [3.8, 4) is 0 Å². The van der Waals surface area contributed by atoms with Gasteiger partial charge >= 0.3 is 0 Å². The third-order valence-electron chi connectivity index (χ3n) is 7.15. The van der Waals surface area contributed by atoms with Crippen molar-refractivity contribution in [2.24, 2.45) is 5.92 Å². The van der Waals surface area contributed by atoms with Crippen LogP contribution in [0, 0.1) is 12.8 Å². The maximum Gasteiger partial charge on any atom is 0.254 e. The molecule has 0 N–H and O–H groups in total. The molecule has 0 spiro atoms. The average molecular weight is 491 g/mol. The minimum absolute atomic E-state index is 0.0553. The summed E-state index contributed by atoms with van der Waals surface area (Å²) < 4.78 is 1.67. The van der Waals surface area contributed by atoms with Crippen molar-refractivity contribution in [2.75, 3.05) is 26.4 Å². The molecule has 6 nitrogen and oxygen atoms in total. The Kier molecular flexibility index (Phi) is 8.29. The van der Waals surface area contributed by atoms with Crippen molar-refractivity contribution < 1.29 is 9.59 Å². The van der Waals surface area contributed by atoms with Gasteiger partial charge in [0.1, 0.15) is 6.54 Å². The number of likely N-dealkylation sites (tertiary alicyclic amines) is 1. The zero-order chi connectivity index (χ0) is 24.8. The van der Waals surface area contributed by atoms with Crippen LogP contribution in [0.4, 0.5) is 0 Å². The van der Waals surface area contributed by atoms with Crippen molar-refractivity contribution in [1.29, 1.82) is 0 Å². The Morgan fingerprint density at radius 3 is 2.49 bits per heavy atom. The van der Waals surface area contributed by atoms with E-state index in [0.29, 0.717) is 19.0 Å². The zero-order valence-corrected chi connectivity index (χ0v) is 21.6. The Labute approximate surface area is 212 Å². The number of rotatable bonds is 8. The first-order chi connectivity index (χ1) is 17.0. The minimum Gasteiger partial charge on any atom is -0.341 e. The lowest BCUT2D eigenvalue weighted by molar-refractivity contribution is -0.134. The topological polar surface area (TPSA) is 58.4 Å². The molecule has 0 saturated carbocycles. The quantitative estimate of drug-likeness (QED) is 0.435. The Hall–Kier alpha value is -3.06. The number of likely N-dealkylation sites (N-methyl/N-ethyl adjacent to an activating group) is 1. The highest BCUT2D eigenvalue weighted by Gasteiger charge is 2.33. The van der Waals surface area contributed by atoms with Gasteiger partial charge in [0.2, 0.25) is 5.91 Å². The molecule has 4 rings (SSSR count). The Balaban J connectivity index is 1.49. The number of carbonyl (C=O) groups is 2. The second-order valence-electron chi connectivity index (χ2n) is 9.24. The molecule has 35 heavy (non-hydrogen) atoms. The summed E-state index contributed by atoms with van der Waals surface area (Å²) in [4.78, 5) is 31.4. The van der Waals surface area contributed by atoms with Crippen LogP contribution in [0.3, 0.4) is 0 Å². The molecular formula is C28H34N4O2S. The maximum atomic E-state index is 13.2. The van der Waals surface area contributed by atoms with Crippen molar-refractivity contribution in [1.82, 2.24) is 19.6 Å². The fourth-order valence-corrected chi connectivity index (χ4v) is 5.58. The predicted octanol–water partition coefficient (Wildman–Crippen LogP) is 4.54. The molecule has 7 heteroatoms. The van der Waals surface area contributed by atoms with E-state index in [1.807, 2.05) is 59.6 Å². The summed E-state index contributed by atoms with van der Waals surface area (Å²) in [6, 6.07) is 18.1. The third-order valence-corrected chi connectivity index (χ3v) is 7.94. The molecule has 1 aromatic heterocycles. The molecule has 1 saturated heterocycles. The highest BCUT2D eigenvalue weighted by molar-refractivity contribution is 7.98. The van der Waals surface area contributed by atoms with E-state index in [-0.39, 0.29) is 24.4 Å². The number of aryl methyl sites for hydroxylation is 1. The smallest absolute Gasteiger partial charge is 0.254 e. The summed E-state index contributed by atoms with van der Waals surface area (Å²) in [5.41, 5.74) is 3.29. The van der Waals surface area contributed by atoms with E-state index in [0.717, 1.165) is 29.7 Å². The van der Waals surface area contributed by atoms with Crippen LogP contribution in [0.25, 0.3) is 0 Å². The van der Waals surface area contributed by atoms with Gasteiger partial charge in [0.05, 0.1) is 5.56 Å². The van der Waals surface area contributed by atoms with Gasteiger partial charge < -0.3 is 9.80 Å². The van der Waals surface area contributed by atoms with Gasteiger partial charge in [-0.2, -0.15) is 5.10 Å². The summed E-state index contributed by atoms with van der Waals surface area (Å²) in [5.74, 6) is 0.479. The molecule has 2 heterocycles. The molecule has 0 aliphatic carbocycles. The number of aromatic nitrogens is 2. The Morgan fingerprint density at radius 2 is 1.80 bits per heavy atom. The van der Waals surface area contributed by atoms with Crippen molar-refractivity contribution in [2.45, 2.75) is 43.7 Å². The molecule has 1 aliphatic heterocycles. The van der Waals surface area contributed by atoms with Gasteiger partial charge in [-0.05, 0) is 67.7 Å². The predicted molar refractivity (Wildman–Crippen MR) is 141 cm³/mol. The van der Waals surface area contributed by atoms with Gasteiger partial charge in [0, 0.05) is 43.5 Å². The van der Waals surface area contributed by atoms with Crippen LogP contribution < -0.4 is 0 Å². The van der Waals surface area contributed by atoms with E-state index in [2.05, 4.69) is 36.3 Å². The fourth-order valence-electron chi connectivity index (χ4n) is 4.99. The highest BCUT2D eigenvalue weighted by atomic mass is 32.2. The van der Waals surface area contributed by atoms with Gasteiger partial charge in [0.25, 0.3) is 5.91 Å². The van der Waals surface area contributed by atoms with E-state index in [1.54, 1.807) is 22.6 Å². The molecule has 2 amide bonds. The number of hydrogen-bond acceptors (Lipinski definition) is 4. The number of benzene rings is 2. The second kappa shape index (κ2) is 11.6. The number of thioether (sulfide) groups is 1. The fraction of sp³-hybridized carbons (Fsp3) is 0.393. The number of hydrogen-bond donors (Lipinski definition) is 0. The normalized spacial score (nSPS) is 15.1. The van der Waals surface area contributed by atoms with Crippen molar-refractivity contribution in [3.63, 3.8) is 0 Å². The lowest BCUT2D eigenvalue weighted by atomic mass is 9.84. The summed E-state index contributed by atoms with van der Waals surface area (Å²) in [5, 5.41) is 4.20. The molecule has 1 aliphatic rings. The second-order valence-corrected chi connectivity index (χ2v) is 10.1. The van der Waals surface area contributed by atoms with E-state index in [4.69, 9.17) is 0 Å². The number of nitrogens with zero attached hydrogens (tertiary/aromatic N) is 4. The van der Waals surface area contributed by atoms with Gasteiger partial charge in [0.15, 0.2) is 0 Å². The first-order valence-electron chi connectivity index (χ1n) is 12.2. The molecule has 184 valence electrons. The lowest BCUT2D eigenvalue weighted by Gasteiger charge is -2.40. The van der Waals surface area contributed by atoms with Crippen LogP contribution in [0.2, 0.25) is 0 Å². The van der Waals surface area contributed by atoms with Gasteiger partial charge in [-0.25, -0.2) is 0 Å². The van der Waals surface area contributed by atoms with Crippen LogP contribution in [-0.2, 0) is 17.8 Å². The average Bonchev–Trinajstić information content (AvgIpc) is 3.40. The number of amides is 2. The molecule has 0 bridgehead atoms. The van der Waals surface area contributed by atoms with Gasteiger partial charge in [-0.3, -0.25) is 14.3 Å². The number of carbonyl (C=O) groups excluding carboxylic acids is 2. The highest BCUT2D eigenvalue weighted by Crippen LogP contribution is 2.29. The van der Waals surface area contributed by atoms with E-state index in [1.165, 1.54) is 11.1 Å². The van der Waals surface area contributed by atoms with E-state index >= 15 is 0 Å². The maximum absolute atomic E-state index is 13.2. The summed E-state index contributed by atoms with van der Waals surface area (Å²) >= 11 is 1.61. The monoisotopic (exact) mass is 490 g/mol. The molecule has 0 radical (unpaired) electrons. The van der Waals surface area contributed by atoms with E-state index in [9.17, 15) is 9.59 Å². The Morgan fingerprint density at radius 1 is 1.09 bits per heavy atom. The van der Waals surface area contributed by atoms with Crippen molar-refractivity contribution >= 4 is 23.6 Å². The molecule has 1 atom stereocenters. The molecular weight excluding hydrogens is 456 g/mol. The molecule has 1 fully saturated rings. The van der Waals surface area contributed by atoms with Crippen LogP contribution in [0.5, 0.6) is 0 Å². The lowest BCUT2D eigenvalue weighted by Crippen LogP contribution is -2.49. The van der Waals surface area contributed by atoms with Crippen molar-refractivity contribution in [3.05, 3.63) is 83.7 Å². The molecule has 3 aromatic rings. The van der Waals surface area contributed by atoms with E-state index < -0.39 is 0 Å². The van der Waals surface area contributed by atoms with Crippen LogP contribution in [-0.4, -0.2) is 63.8 Å². The summed E-state index contributed by atoms with van der Waals surface area (Å²) in [6.07, 6.45) is 8.08. The molecule has 2 aromatic carbocycles. The standard InChI is InChI=1S/C28H34N4O2S/c1-21-9-4-5-10-23(21)19-25(30(2)27(33)20-32-16-8-15-29-32)22-13-17-31(18-14-22)28(34)24-11-6-7-12-26(24)35-3/h4-12,15-16,22,25H,13-14,17-20H2,1-3H3/t25-/m1/s1. The zero-order valence-electron chi connectivity index (χ0n) is 20.8. The first-order valence-corrected chi connectivity index (χ1v) is 13.4. The summed E-state index contributed by atoms with van der Waals surface area (Å²) in [7, 11) is 1.92. The summed E-state index contributed by atoms with van der Waals surface area (Å²) in [6.45, 7) is 3.77.